The molecule has 0 aromatic heterocycles. The maximum absolute atomic E-state index is 13.1. The van der Waals surface area contributed by atoms with Crippen LogP contribution in [0.3, 0.4) is 0 Å². The van der Waals surface area contributed by atoms with Gasteiger partial charge in [0.25, 0.3) is 5.79 Å². The van der Waals surface area contributed by atoms with Crippen molar-refractivity contribution in [3.8, 4) is 0 Å². The molecule has 0 saturated heterocycles. The van der Waals surface area contributed by atoms with E-state index in [2.05, 4.69) is 6.58 Å². The predicted molar refractivity (Wildman–Crippen MR) is 86.8 cm³/mol. The second kappa shape index (κ2) is 7.16. The molecule has 0 radical (unpaired) electrons. The van der Waals surface area contributed by atoms with E-state index in [1.54, 1.807) is 12.1 Å². The molecule has 0 unspecified atom stereocenters. The van der Waals surface area contributed by atoms with Crippen LogP contribution in [-0.2, 0) is 21.7 Å². The minimum atomic E-state index is -1.45. The van der Waals surface area contributed by atoms with Crippen LogP contribution in [0.5, 0.6) is 0 Å². The summed E-state index contributed by atoms with van der Waals surface area (Å²) >= 11 is 0. The molecule has 2 aromatic rings. The highest BCUT2D eigenvalue weighted by Gasteiger charge is 2.42. The molecule has 2 rings (SSSR count). The molecule has 22 heavy (non-hydrogen) atoms. The fourth-order valence-electron chi connectivity index (χ4n) is 2.55. The van der Waals surface area contributed by atoms with Gasteiger partial charge in [-0.1, -0.05) is 60.7 Å². The first-order valence-electron chi connectivity index (χ1n) is 7.09. The Bertz CT molecular complexity index is 643. The average molecular weight is 296 g/mol. The Balaban J connectivity index is 2.55. The van der Waals surface area contributed by atoms with Gasteiger partial charge in [-0.2, -0.15) is 0 Å². The smallest absolute Gasteiger partial charge is 0.260 e. The largest absolute Gasteiger partial charge is 0.343 e. The molecule has 0 N–H and O–H groups in total. The van der Waals surface area contributed by atoms with Gasteiger partial charge < -0.3 is 9.47 Å². The van der Waals surface area contributed by atoms with Crippen LogP contribution in [0.2, 0.25) is 0 Å². The molecular formula is C19H20O3. The number of allylic oxidation sites excluding steroid dienone is 1. The Hall–Kier alpha value is -2.23. The molecule has 0 aliphatic carbocycles. The van der Waals surface area contributed by atoms with Crippen LogP contribution in [0.25, 0.3) is 0 Å². The van der Waals surface area contributed by atoms with Gasteiger partial charge in [-0.3, -0.25) is 4.79 Å². The Kier molecular flexibility index (Phi) is 5.26. The molecule has 0 saturated carbocycles. The van der Waals surface area contributed by atoms with Crippen molar-refractivity contribution < 1.29 is 14.3 Å². The van der Waals surface area contributed by atoms with Gasteiger partial charge in [-0.05, 0) is 12.0 Å². The summed E-state index contributed by atoms with van der Waals surface area (Å²) in [4.78, 5) is 13.1. The van der Waals surface area contributed by atoms with Gasteiger partial charge in [0.2, 0.25) is 5.78 Å². The van der Waals surface area contributed by atoms with Crippen molar-refractivity contribution >= 4 is 5.78 Å². The quantitative estimate of drug-likeness (QED) is 0.443. The topological polar surface area (TPSA) is 35.5 Å². The molecule has 0 amide bonds. The van der Waals surface area contributed by atoms with E-state index in [1.165, 1.54) is 14.2 Å². The minimum Gasteiger partial charge on any atom is -0.343 e. The number of Topliss-reactive ketones (excluding diaryl/α,β-unsaturated/α-hetero) is 1. The van der Waals surface area contributed by atoms with E-state index in [0.29, 0.717) is 17.5 Å². The van der Waals surface area contributed by atoms with Gasteiger partial charge in [-0.25, -0.2) is 0 Å². The summed E-state index contributed by atoms with van der Waals surface area (Å²) in [7, 11) is 2.95. The number of methoxy groups -OCH3 is 2. The van der Waals surface area contributed by atoms with Crippen LogP contribution < -0.4 is 0 Å². The van der Waals surface area contributed by atoms with Crippen molar-refractivity contribution in [3.05, 3.63) is 83.9 Å². The first-order chi connectivity index (χ1) is 10.7. The van der Waals surface area contributed by atoms with E-state index in [1.807, 2.05) is 48.5 Å². The first kappa shape index (κ1) is 16.1. The lowest BCUT2D eigenvalue weighted by Gasteiger charge is -2.30. The van der Waals surface area contributed by atoms with Gasteiger partial charge in [0, 0.05) is 25.3 Å². The zero-order valence-electron chi connectivity index (χ0n) is 12.9. The van der Waals surface area contributed by atoms with Crippen molar-refractivity contribution in [2.45, 2.75) is 12.2 Å². The van der Waals surface area contributed by atoms with E-state index in [0.717, 1.165) is 5.56 Å². The van der Waals surface area contributed by atoms with Gasteiger partial charge in [0.15, 0.2) is 0 Å². The second-order valence-electron chi connectivity index (χ2n) is 4.87. The van der Waals surface area contributed by atoms with Crippen molar-refractivity contribution in [3.63, 3.8) is 0 Å². The summed E-state index contributed by atoms with van der Waals surface area (Å²) in [5.41, 5.74) is 2.14. The van der Waals surface area contributed by atoms with Crippen LogP contribution in [0, 0.1) is 0 Å². The van der Waals surface area contributed by atoms with E-state index in [4.69, 9.17) is 9.47 Å². The van der Waals surface area contributed by atoms with Gasteiger partial charge in [0.1, 0.15) is 0 Å². The zero-order chi connectivity index (χ0) is 16.0. The Morgan fingerprint density at radius 2 is 1.64 bits per heavy atom. The van der Waals surface area contributed by atoms with Crippen LogP contribution in [0.4, 0.5) is 0 Å². The van der Waals surface area contributed by atoms with Gasteiger partial charge in [-0.15, -0.1) is 6.58 Å². The van der Waals surface area contributed by atoms with Crippen LogP contribution in [-0.4, -0.2) is 20.0 Å². The highest BCUT2D eigenvalue weighted by Crippen LogP contribution is 2.31. The minimum absolute atomic E-state index is 0.221. The molecule has 3 heteroatoms. The SMILES string of the molecule is C=CCc1ccccc1C(=O)C(OC)(OC)c1ccccc1. The summed E-state index contributed by atoms with van der Waals surface area (Å²) in [5, 5.41) is 0. The summed E-state index contributed by atoms with van der Waals surface area (Å²) in [6.45, 7) is 3.74. The summed E-state index contributed by atoms with van der Waals surface area (Å²) < 4.78 is 11.0. The summed E-state index contributed by atoms with van der Waals surface area (Å²) in [6.07, 6.45) is 2.39. The van der Waals surface area contributed by atoms with E-state index in [9.17, 15) is 4.79 Å². The van der Waals surface area contributed by atoms with Crippen molar-refractivity contribution in [1.82, 2.24) is 0 Å². The highest BCUT2D eigenvalue weighted by molar-refractivity contribution is 6.03. The normalized spacial score (nSPS) is 11.2. The van der Waals surface area contributed by atoms with Crippen molar-refractivity contribution in [2.75, 3.05) is 14.2 Å². The van der Waals surface area contributed by atoms with Crippen LogP contribution in [0.15, 0.2) is 67.3 Å². The number of carbonyl (C=O) groups excluding carboxylic acids is 1. The number of benzene rings is 2. The summed E-state index contributed by atoms with van der Waals surface area (Å²) in [6, 6.07) is 16.7. The zero-order valence-corrected chi connectivity index (χ0v) is 12.9. The fraction of sp³-hybridized carbons (Fsp3) is 0.211. The van der Waals surface area contributed by atoms with Crippen LogP contribution in [0.1, 0.15) is 21.5 Å². The lowest BCUT2D eigenvalue weighted by atomic mass is 9.92. The number of rotatable bonds is 7. The Morgan fingerprint density at radius 1 is 1.05 bits per heavy atom. The fourth-order valence-corrected chi connectivity index (χ4v) is 2.55. The van der Waals surface area contributed by atoms with Gasteiger partial charge >= 0.3 is 0 Å². The lowest BCUT2D eigenvalue weighted by Crippen LogP contribution is -2.40. The van der Waals surface area contributed by atoms with E-state index >= 15 is 0 Å². The third kappa shape index (κ3) is 2.86. The molecule has 114 valence electrons. The van der Waals surface area contributed by atoms with E-state index < -0.39 is 5.79 Å². The predicted octanol–water partition coefficient (Wildman–Crippen LogP) is 3.74. The van der Waals surface area contributed by atoms with Gasteiger partial charge in [0.05, 0.1) is 0 Å². The van der Waals surface area contributed by atoms with Crippen molar-refractivity contribution in [1.29, 1.82) is 0 Å². The average Bonchev–Trinajstić information content (AvgIpc) is 2.58. The Morgan fingerprint density at radius 3 is 2.23 bits per heavy atom. The molecule has 0 atom stereocenters. The first-order valence-corrected chi connectivity index (χ1v) is 7.09. The van der Waals surface area contributed by atoms with E-state index in [-0.39, 0.29) is 5.78 Å². The molecule has 0 spiro atoms. The highest BCUT2D eigenvalue weighted by atomic mass is 16.7. The molecule has 0 heterocycles. The molecule has 2 aromatic carbocycles. The number of carbonyl (C=O) groups is 1. The van der Waals surface area contributed by atoms with Crippen molar-refractivity contribution in [2.24, 2.45) is 0 Å². The summed E-state index contributed by atoms with van der Waals surface area (Å²) in [5.74, 6) is -1.67. The number of hydrogen-bond acceptors (Lipinski definition) is 3. The molecule has 3 nitrogen and oxygen atoms in total. The molecule has 0 aliphatic heterocycles. The molecule has 0 bridgehead atoms. The lowest BCUT2D eigenvalue weighted by molar-refractivity contribution is -0.176. The molecule has 0 fully saturated rings. The number of hydrogen-bond donors (Lipinski definition) is 0. The maximum atomic E-state index is 13.1. The number of ketones is 1. The second-order valence-corrected chi connectivity index (χ2v) is 4.87. The maximum Gasteiger partial charge on any atom is 0.260 e. The van der Waals surface area contributed by atoms with Crippen LogP contribution >= 0.6 is 0 Å². The standard InChI is InChI=1S/C19H20O3/c1-4-10-15-11-8-9-14-17(15)18(20)19(21-2,22-3)16-12-6-5-7-13-16/h4-9,11-14H,1,10H2,2-3H3. The molecular weight excluding hydrogens is 276 g/mol. The Labute approximate surface area is 131 Å². The monoisotopic (exact) mass is 296 g/mol. The number of ether oxygens (including phenoxy) is 2. The molecule has 0 aliphatic rings. The third-order valence-corrected chi connectivity index (χ3v) is 3.65. The third-order valence-electron chi connectivity index (χ3n) is 3.65.